The first-order valence-corrected chi connectivity index (χ1v) is 8.10. The topological polar surface area (TPSA) is 37.3 Å². The van der Waals surface area contributed by atoms with Gasteiger partial charge in [0, 0.05) is 0 Å². The molecule has 1 N–H and O–H groups in total. The van der Waals surface area contributed by atoms with Gasteiger partial charge in [-0.3, -0.25) is 4.79 Å². The second-order valence-electron chi connectivity index (χ2n) is 7.71. The Balaban J connectivity index is 2.12. The largest absolute Gasteiger partial charge is 0.481 e. The first-order chi connectivity index (χ1) is 9.78. The van der Waals surface area contributed by atoms with Gasteiger partial charge in [-0.2, -0.15) is 0 Å². The SMILES string of the molecule is CC(C)c1ccc(CC2CC(C)(C)CCC2C(=O)O)cc1. The normalized spacial score (nSPS) is 25.0. The van der Waals surface area contributed by atoms with E-state index in [9.17, 15) is 9.90 Å². The van der Waals surface area contributed by atoms with E-state index >= 15 is 0 Å². The lowest BCUT2D eigenvalue weighted by Crippen LogP contribution is -2.35. The number of benzene rings is 1. The summed E-state index contributed by atoms with van der Waals surface area (Å²) in [6.07, 6.45) is 3.73. The Kier molecular flexibility index (Phi) is 4.75. The van der Waals surface area contributed by atoms with Gasteiger partial charge in [-0.05, 0) is 54.1 Å². The fourth-order valence-corrected chi connectivity index (χ4v) is 3.62. The van der Waals surface area contributed by atoms with Gasteiger partial charge in [-0.25, -0.2) is 0 Å². The fraction of sp³-hybridized carbons (Fsp3) is 0.632. The Labute approximate surface area is 128 Å². The second-order valence-corrected chi connectivity index (χ2v) is 7.71. The predicted octanol–water partition coefficient (Wildman–Crippen LogP) is 4.88. The van der Waals surface area contributed by atoms with Crippen molar-refractivity contribution in [3.63, 3.8) is 0 Å². The molecule has 0 amide bonds. The molecule has 1 aliphatic rings. The maximum atomic E-state index is 11.5. The van der Waals surface area contributed by atoms with Crippen molar-refractivity contribution in [2.75, 3.05) is 0 Å². The second kappa shape index (κ2) is 6.21. The van der Waals surface area contributed by atoms with Crippen LogP contribution in [0, 0.1) is 17.3 Å². The molecule has 2 atom stereocenters. The Morgan fingerprint density at radius 2 is 1.90 bits per heavy atom. The highest BCUT2D eigenvalue weighted by Gasteiger charge is 2.38. The quantitative estimate of drug-likeness (QED) is 0.857. The molecule has 2 nitrogen and oxygen atoms in total. The molecule has 1 aromatic carbocycles. The maximum Gasteiger partial charge on any atom is 0.306 e. The zero-order chi connectivity index (χ0) is 15.6. The van der Waals surface area contributed by atoms with Crippen LogP contribution in [0.4, 0.5) is 0 Å². The van der Waals surface area contributed by atoms with E-state index in [1.54, 1.807) is 0 Å². The Morgan fingerprint density at radius 3 is 2.43 bits per heavy atom. The van der Waals surface area contributed by atoms with E-state index in [0.29, 0.717) is 5.92 Å². The van der Waals surface area contributed by atoms with E-state index in [0.717, 1.165) is 25.7 Å². The van der Waals surface area contributed by atoms with Gasteiger partial charge in [0.15, 0.2) is 0 Å². The van der Waals surface area contributed by atoms with Crippen molar-refractivity contribution in [1.82, 2.24) is 0 Å². The average molecular weight is 288 g/mol. The number of carboxylic acid groups (broad SMARTS) is 1. The van der Waals surface area contributed by atoms with E-state index < -0.39 is 5.97 Å². The van der Waals surface area contributed by atoms with Crippen LogP contribution in [-0.2, 0) is 11.2 Å². The first-order valence-electron chi connectivity index (χ1n) is 8.10. The lowest BCUT2D eigenvalue weighted by molar-refractivity contribution is -0.146. The summed E-state index contributed by atoms with van der Waals surface area (Å²) in [7, 11) is 0. The smallest absolute Gasteiger partial charge is 0.306 e. The molecule has 1 saturated carbocycles. The third kappa shape index (κ3) is 4.09. The van der Waals surface area contributed by atoms with Gasteiger partial charge >= 0.3 is 5.97 Å². The molecule has 1 aromatic rings. The molecule has 1 fully saturated rings. The van der Waals surface area contributed by atoms with Crippen molar-refractivity contribution < 1.29 is 9.90 Å². The first kappa shape index (κ1) is 16.1. The number of aliphatic carboxylic acids is 1. The summed E-state index contributed by atoms with van der Waals surface area (Å²) in [6, 6.07) is 8.72. The van der Waals surface area contributed by atoms with Crippen LogP contribution in [0.5, 0.6) is 0 Å². The summed E-state index contributed by atoms with van der Waals surface area (Å²) in [5.74, 6) is 0.00711. The van der Waals surface area contributed by atoms with Gasteiger partial charge in [0.25, 0.3) is 0 Å². The molecule has 0 bridgehead atoms. The van der Waals surface area contributed by atoms with Crippen LogP contribution in [0.25, 0.3) is 0 Å². The number of carboxylic acids is 1. The molecule has 0 spiro atoms. The molecule has 0 radical (unpaired) electrons. The molecule has 2 unspecified atom stereocenters. The summed E-state index contributed by atoms with van der Waals surface area (Å²) in [4.78, 5) is 11.5. The van der Waals surface area contributed by atoms with E-state index in [-0.39, 0.29) is 17.3 Å². The molecule has 1 aliphatic carbocycles. The highest BCUT2D eigenvalue weighted by molar-refractivity contribution is 5.70. The van der Waals surface area contributed by atoms with Crippen LogP contribution < -0.4 is 0 Å². The van der Waals surface area contributed by atoms with Crippen LogP contribution in [-0.4, -0.2) is 11.1 Å². The zero-order valence-electron chi connectivity index (χ0n) is 13.7. The summed E-state index contributed by atoms with van der Waals surface area (Å²) in [6.45, 7) is 8.91. The van der Waals surface area contributed by atoms with Crippen molar-refractivity contribution in [2.24, 2.45) is 17.3 Å². The highest BCUT2D eigenvalue weighted by Crippen LogP contribution is 2.43. The van der Waals surface area contributed by atoms with Gasteiger partial charge in [0.1, 0.15) is 0 Å². The zero-order valence-corrected chi connectivity index (χ0v) is 13.7. The minimum atomic E-state index is -0.616. The standard InChI is InChI=1S/C19H28O2/c1-13(2)15-7-5-14(6-8-15)11-16-12-19(3,4)10-9-17(16)18(20)21/h5-8,13,16-17H,9-12H2,1-4H3,(H,20,21). The number of hydrogen-bond acceptors (Lipinski definition) is 1. The van der Waals surface area contributed by atoms with Crippen molar-refractivity contribution in [3.8, 4) is 0 Å². The van der Waals surface area contributed by atoms with Crippen molar-refractivity contribution in [3.05, 3.63) is 35.4 Å². The highest BCUT2D eigenvalue weighted by atomic mass is 16.4. The Hall–Kier alpha value is -1.31. The van der Waals surface area contributed by atoms with Crippen molar-refractivity contribution >= 4 is 5.97 Å². The fourth-order valence-electron chi connectivity index (χ4n) is 3.62. The molecule has 0 aromatic heterocycles. The van der Waals surface area contributed by atoms with Gasteiger partial charge in [0.2, 0.25) is 0 Å². The molecule has 0 saturated heterocycles. The number of rotatable bonds is 4. The van der Waals surface area contributed by atoms with Crippen LogP contribution in [0.2, 0.25) is 0 Å². The van der Waals surface area contributed by atoms with Gasteiger partial charge in [-0.15, -0.1) is 0 Å². The van der Waals surface area contributed by atoms with Gasteiger partial charge in [0.05, 0.1) is 5.92 Å². The minimum absolute atomic E-state index is 0.178. The van der Waals surface area contributed by atoms with E-state index in [1.165, 1.54) is 11.1 Å². The van der Waals surface area contributed by atoms with Crippen molar-refractivity contribution in [1.29, 1.82) is 0 Å². The number of hydrogen-bond donors (Lipinski definition) is 1. The Morgan fingerprint density at radius 1 is 1.29 bits per heavy atom. The summed E-state index contributed by atoms with van der Waals surface area (Å²) in [5, 5.41) is 9.47. The molecule has 0 heterocycles. The molecule has 0 aliphatic heterocycles. The lowest BCUT2D eigenvalue weighted by atomic mass is 9.65. The maximum absolute atomic E-state index is 11.5. The van der Waals surface area contributed by atoms with Crippen molar-refractivity contribution in [2.45, 2.75) is 59.3 Å². The van der Waals surface area contributed by atoms with Crippen LogP contribution in [0.15, 0.2) is 24.3 Å². The number of carbonyl (C=O) groups is 1. The third-order valence-electron chi connectivity index (χ3n) is 4.98. The molecule has 2 rings (SSSR count). The van der Waals surface area contributed by atoms with Crippen LogP contribution in [0.3, 0.4) is 0 Å². The van der Waals surface area contributed by atoms with Crippen LogP contribution in [0.1, 0.15) is 64.0 Å². The Bertz CT molecular complexity index is 485. The summed E-state index contributed by atoms with van der Waals surface area (Å²) >= 11 is 0. The van der Waals surface area contributed by atoms with Gasteiger partial charge in [-0.1, -0.05) is 52.0 Å². The molecular formula is C19H28O2. The predicted molar refractivity (Wildman–Crippen MR) is 86.5 cm³/mol. The molecular weight excluding hydrogens is 260 g/mol. The molecule has 21 heavy (non-hydrogen) atoms. The van der Waals surface area contributed by atoms with Crippen LogP contribution >= 0.6 is 0 Å². The molecule has 116 valence electrons. The van der Waals surface area contributed by atoms with Gasteiger partial charge < -0.3 is 5.11 Å². The van der Waals surface area contributed by atoms with E-state index in [4.69, 9.17) is 0 Å². The summed E-state index contributed by atoms with van der Waals surface area (Å²) < 4.78 is 0. The minimum Gasteiger partial charge on any atom is -0.481 e. The lowest BCUT2D eigenvalue weighted by Gasteiger charge is -2.39. The molecule has 2 heteroatoms. The third-order valence-corrected chi connectivity index (χ3v) is 4.98. The summed E-state index contributed by atoms with van der Waals surface area (Å²) in [5.41, 5.74) is 2.89. The monoisotopic (exact) mass is 288 g/mol. The van der Waals surface area contributed by atoms with E-state index in [1.807, 2.05) is 0 Å². The average Bonchev–Trinajstić information content (AvgIpc) is 2.38. The van der Waals surface area contributed by atoms with E-state index in [2.05, 4.69) is 52.0 Å².